The van der Waals surface area contributed by atoms with Crippen molar-refractivity contribution in [3.8, 4) is 0 Å². The van der Waals surface area contributed by atoms with Crippen molar-refractivity contribution < 1.29 is 0 Å². The highest BCUT2D eigenvalue weighted by Gasteiger charge is 2.20. The second kappa shape index (κ2) is 6.06. The van der Waals surface area contributed by atoms with E-state index < -0.39 is 0 Å². The SMILES string of the molecule is CC(C)(C)c1cc(CCl)c2cc(C(C)(C)C)cc(CCl)c2c1. The molecule has 0 unspecified atom stereocenters. The van der Waals surface area contributed by atoms with Crippen LogP contribution in [0.5, 0.6) is 0 Å². The third-order valence-electron chi connectivity index (χ3n) is 4.26. The zero-order valence-corrected chi connectivity index (χ0v) is 16.0. The molecule has 0 aliphatic rings. The van der Waals surface area contributed by atoms with Crippen LogP contribution in [-0.4, -0.2) is 0 Å². The minimum absolute atomic E-state index is 0.0985. The number of rotatable bonds is 2. The van der Waals surface area contributed by atoms with Gasteiger partial charge in [-0.3, -0.25) is 0 Å². The first kappa shape index (κ1) is 17.6. The fraction of sp³-hybridized carbons (Fsp3) is 0.500. The summed E-state index contributed by atoms with van der Waals surface area (Å²) in [7, 11) is 0. The average molecular weight is 337 g/mol. The summed E-state index contributed by atoms with van der Waals surface area (Å²) in [5.74, 6) is 1.05. The average Bonchev–Trinajstić information content (AvgIpc) is 2.42. The van der Waals surface area contributed by atoms with Gasteiger partial charge in [-0.1, -0.05) is 65.8 Å². The third kappa shape index (κ3) is 3.44. The number of fused-ring (bicyclic) bond motifs is 1. The second-order valence-electron chi connectivity index (χ2n) is 8.13. The molecule has 2 rings (SSSR count). The third-order valence-corrected chi connectivity index (χ3v) is 4.84. The van der Waals surface area contributed by atoms with Crippen LogP contribution >= 0.6 is 23.2 Å². The molecule has 0 aliphatic heterocycles. The Morgan fingerprint density at radius 3 is 1.18 bits per heavy atom. The summed E-state index contributed by atoms with van der Waals surface area (Å²) < 4.78 is 0. The maximum absolute atomic E-state index is 6.26. The Morgan fingerprint density at radius 1 is 0.636 bits per heavy atom. The zero-order chi connectivity index (χ0) is 16.7. The molecule has 2 aromatic rings. The molecule has 0 atom stereocenters. The first-order valence-electron chi connectivity index (χ1n) is 7.80. The molecule has 0 spiro atoms. The molecule has 2 aromatic carbocycles. The van der Waals surface area contributed by atoms with Crippen LogP contribution in [0.1, 0.15) is 63.8 Å². The van der Waals surface area contributed by atoms with Crippen LogP contribution in [0, 0.1) is 0 Å². The minimum atomic E-state index is 0.0985. The van der Waals surface area contributed by atoms with Crippen molar-refractivity contribution in [1.82, 2.24) is 0 Å². The minimum Gasteiger partial charge on any atom is -0.122 e. The molecular weight excluding hydrogens is 311 g/mol. The molecule has 0 saturated carbocycles. The fourth-order valence-corrected chi connectivity index (χ4v) is 3.14. The van der Waals surface area contributed by atoms with Gasteiger partial charge in [-0.25, -0.2) is 0 Å². The predicted molar refractivity (Wildman–Crippen MR) is 100 cm³/mol. The van der Waals surface area contributed by atoms with Crippen molar-refractivity contribution in [2.75, 3.05) is 0 Å². The maximum Gasteiger partial charge on any atom is 0.0480 e. The Kier molecular flexibility index (Phi) is 4.85. The Balaban J connectivity index is 2.86. The number of benzene rings is 2. The van der Waals surface area contributed by atoms with Crippen LogP contribution in [0.2, 0.25) is 0 Å². The normalized spacial score (nSPS) is 12.9. The van der Waals surface area contributed by atoms with Crippen LogP contribution in [0.25, 0.3) is 10.8 Å². The molecule has 0 N–H and O–H groups in total. The molecule has 0 radical (unpaired) electrons. The number of hydrogen-bond donors (Lipinski definition) is 0. The first-order valence-corrected chi connectivity index (χ1v) is 8.87. The summed E-state index contributed by atoms with van der Waals surface area (Å²) in [6.45, 7) is 13.4. The Labute approximate surface area is 144 Å². The summed E-state index contributed by atoms with van der Waals surface area (Å²) in [5, 5.41) is 2.48. The van der Waals surface area contributed by atoms with Crippen molar-refractivity contribution in [3.05, 3.63) is 46.5 Å². The van der Waals surface area contributed by atoms with E-state index >= 15 is 0 Å². The van der Waals surface area contributed by atoms with Crippen molar-refractivity contribution in [3.63, 3.8) is 0 Å². The summed E-state index contributed by atoms with van der Waals surface area (Å²) >= 11 is 12.5. The van der Waals surface area contributed by atoms with Gasteiger partial charge in [-0.05, 0) is 43.9 Å². The second-order valence-corrected chi connectivity index (χ2v) is 8.67. The molecule has 0 saturated heterocycles. The van der Waals surface area contributed by atoms with Gasteiger partial charge in [0.2, 0.25) is 0 Å². The van der Waals surface area contributed by atoms with Crippen LogP contribution in [0.15, 0.2) is 24.3 Å². The van der Waals surface area contributed by atoms with Gasteiger partial charge in [0, 0.05) is 11.8 Å². The van der Waals surface area contributed by atoms with Crippen LogP contribution in [0.3, 0.4) is 0 Å². The quantitative estimate of drug-likeness (QED) is 0.522. The monoisotopic (exact) mass is 336 g/mol. The van der Waals surface area contributed by atoms with Gasteiger partial charge in [0.1, 0.15) is 0 Å². The van der Waals surface area contributed by atoms with Gasteiger partial charge in [-0.2, -0.15) is 0 Å². The maximum atomic E-state index is 6.26. The smallest absolute Gasteiger partial charge is 0.0480 e. The summed E-state index contributed by atoms with van der Waals surface area (Å²) in [6.07, 6.45) is 0. The van der Waals surface area contributed by atoms with Gasteiger partial charge in [0.15, 0.2) is 0 Å². The highest BCUT2D eigenvalue weighted by atomic mass is 35.5. The van der Waals surface area contributed by atoms with Crippen LogP contribution in [0.4, 0.5) is 0 Å². The molecule has 0 amide bonds. The molecule has 0 fully saturated rings. The van der Waals surface area contributed by atoms with E-state index in [2.05, 4.69) is 65.8 Å². The van der Waals surface area contributed by atoms with Crippen molar-refractivity contribution in [1.29, 1.82) is 0 Å². The van der Waals surface area contributed by atoms with Gasteiger partial charge >= 0.3 is 0 Å². The standard InChI is InChI=1S/C20H26Cl2/c1-19(2,3)15-7-13(11-21)18-10-16(20(4,5)6)8-14(12-22)17(18)9-15/h7-10H,11-12H2,1-6H3. The van der Waals surface area contributed by atoms with Gasteiger partial charge in [0.05, 0.1) is 0 Å². The lowest BCUT2D eigenvalue weighted by atomic mass is 9.81. The Bertz CT molecular complexity index is 624. The molecule has 0 bridgehead atoms. The van der Waals surface area contributed by atoms with Gasteiger partial charge in [-0.15, -0.1) is 23.2 Å². The van der Waals surface area contributed by atoms with E-state index in [1.54, 1.807) is 0 Å². The Hall–Kier alpha value is -0.720. The van der Waals surface area contributed by atoms with Crippen molar-refractivity contribution in [2.24, 2.45) is 0 Å². The van der Waals surface area contributed by atoms with E-state index in [0.29, 0.717) is 11.8 Å². The molecular formula is C20H26Cl2. The molecule has 2 heteroatoms. The van der Waals surface area contributed by atoms with E-state index in [4.69, 9.17) is 23.2 Å². The van der Waals surface area contributed by atoms with E-state index in [9.17, 15) is 0 Å². The Morgan fingerprint density at radius 2 is 0.955 bits per heavy atom. The highest BCUT2D eigenvalue weighted by molar-refractivity contribution is 6.19. The van der Waals surface area contributed by atoms with E-state index in [1.807, 2.05) is 0 Å². The van der Waals surface area contributed by atoms with E-state index in [1.165, 1.54) is 33.0 Å². The molecule has 0 heterocycles. The topological polar surface area (TPSA) is 0 Å². The number of hydrogen-bond acceptors (Lipinski definition) is 0. The largest absolute Gasteiger partial charge is 0.122 e. The summed E-state index contributed by atoms with van der Waals surface area (Å²) in [4.78, 5) is 0. The lowest BCUT2D eigenvalue weighted by Crippen LogP contribution is -2.13. The number of alkyl halides is 2. The van der Waals surface area contributed by atoms with Crippen LogP contribution < -0.4 is 0 Å². The van der Waals surface area contributed by atoms with E-state index in [-0.39, 0.29) is 10.8 Å². The van der Waals surface area contributed by atoms with Crippen LogP contribution in [-0.2, 0) is 22.6 Å². The molecule has 0 aliphatic carbocycles. The molecule has 120 valence electrons. The molecule has 22 heavy (non-hydrogen) atoms. The van der Waals surface area contributed by atoms with Gasteiger partial charge < -0.3 is 0 Å². The summed E-state index contributed by atoms with van der Waals surface area (Å²) in [6, 6.07) is 9.07. The first-order chi connectivity index (χ1) is 10.1. The lowest BCUT2D eigenvalue weighted by Gasteiger charge is -2.25. The summed E-state index contributed by atoms with van der Waals surface area (Å²) in [5.41, 5.74) is 5.21. The highest BCUT2D eigenvalue weighted by Crippen LogP contribution is 2.35. The molecule has 0 nitrogen and oxygen atoms in total. The van der Waals surface area contributed by atoms with Crippen molar-refractivity contribution in [2.45, 2.75) is 64.1 Å². The van der Waals surface area contributed by atoms with Gasteiger partial charge in [0.25, 0.3) is 0 Å². The van der Waals surface area contributed by atoms with Crippen molar-refractivity contribution >= 4 is 34.0 Å². The lowest BCUT2D eigenvalue weighted by molar-refractivity contribution is 0.588. The number of halogens is 2. The van der Waals surface area contributed by atoms with E-state index in [0.717, 1.165) is 0 Å². The zero-order valence-electron chi connectivity index (χ0n) is 14.5. The molecule has 0 aromatic heterocycles. The predicted octanol–water partition coefficient (Wildman–Crippen LogP) is 6.91. The fourth-order valence-electron chi connectivity index (χ4n) is 2.70.